The number of pyridine rings is 1. The molecular formula is C27H25F4N7O3. The van der Waals surface area contributed by atoms with Gasteiger partial charge in [0, 0.05) is 38.9 Å². The first-order valence-corrected chi connectivity index (χ1v) is 12.9. The van der Waals surface area contributed by atoms with Crippen LogP contribution in [0.15, 0.2) is 47.5 Å². The van der Waals surface area contributed by atoms with Gasteiger partial charge in [-0.1, -0.05) is 0 Å². The molecule has 1 atom stereocenters. The van der Waals surface area contributed by atoms with Gasteiger partial charge in [0.25, 0.3) is 11.5 Å². The van der Waals surface area contributed by atoms with Gasteiger partial charge < -0.3 is 19.4 Å². The molecule has 0 bridgehead atoms. The molecule has 41 heavy (non-hydrogen) atoms. The van der Waals surface area contributed by atoms with Crippen molar-refractivity contribution in [3.05, 3.63) is 75.6 Å². The van der Waals surface area contributed by atoms with Gasteiger partial charge in [-0.25, -0.2) is 14.5 Å². The Balaban J connectivity index is 1.24. The van der Waals surface area contributed by atoms with Crippen molar-refractivity contribution in [1.82, 2.24) is 20.1 Å². The number of halogens is 4. The molecular weight excluding hydrogens is 546 g/mol. The van der Waals surface area contributed by atoms with Gasteiger partial charge in [-0.05, 0) is 43.2 Å². The third-order valence-electron chi connectivity index (χ3n) is 7.18. The Hall–Kier alpha value is -4.67. The topological polar surface area (TPSA) is 118 Å². The quantitative estimate of drug-likeness (QED) is 0.449. The fraction of sp³-hybridized carbons (Fsp3) is 0.370. The number of alkyl halides is 3. The molecule has 2 aliphatic heterocycles. The molecule has 0 unspecified atom stereocenters. The van der Waals surface area contributed by atoms with E-state index in [0.29, 0.717) is 50.4 Å². The number of nitrogens with zero attached hydrogens (tertiary/aromatic N) is 6. The summed E-state index contributed by atoms with van der Waals surface area (Å²) in [6.07, 6.45) is -1.32. The maximum absolute atomic E-state index is 14.7. The maximum Gasteiger partial charge on any atom is 0.423 e. The summed E-state index contributed by atoms with van der Waals surface area (Å²) in [5, 5.41) is 14.3. The van der Waals surface area contributed by atoms with E-state index in [2.05, 4.69) is 10.1 Å². The van der Waals surface area contributed by atoms with Gasteiger partial charge in [-0.3, -0.25) is 9.59 Å². The number of hydrogen-bond donors (Lipinski definition) is 1. The third-order valence-corrected chi connectivity index (χ3v) is 7.18. The normalized spacial score (nSPS) is 17.4. The van der Waals surface area contributed by atoms with Crippen molar-refractivity contribution in [2.45, 2.75) is 25.1 Å². The Kier molecular flexibility index (Phi) is 7.78. The summed E-state index contributed by atoms with van der Waals surface area (Å²) in [5.41, 5.74) is -2.69. The molecule has 3 aromatic rings. The number of anilines is 2. The highest BCUT2D eigenvalue weighted by Crippen LogP contribution is 2.36. The molecule has 4 heterocycles. The predicted octanol–water partition coefficient (Wildman–Crippen LogP) is 3.20. The van der Waals surface area contributed by atoms with E-state index in [1.54, 1.807) is 12.1 Å². The summed E-state index contributed by atoms with van der Waals surface area (Å²) < 4.78 is 61.3. The molecule has 1 N–H and O–H groups in total. The number of ether oxygens (including phenoxy) is 1. The summed E-state index contributed by atoms with van der Waals surface area (Å²) in [4.78, 5) is 34.3. The lowest BCUT2D eigenvalue weighted by Crippen LogP contribution is -2.49. The van der Waals surface area contributed by atoms with E-state index in [9.17, 15) is 27.2 Å². The fourth-order valence-corrected chi connectivity index (χ4v) is 5.11. The number of aromatic nitrogens is 3. The predicted molar refractivity (Wildman–Crippen MR) is 139 cm³/mol. The number of amides is 1. The lowest BCUT2D eigenvalue weighted by molar-refractivity contribution is -0.138. The molecule has 14 heteroatoms. The van der Waals surface area contributed by atoms with Gasteiger partial charge in [-0.2, -0.15) is 23.5 Å². The van der Waals surface area contributed by atoms with Crippen molar-refractivity contribution in [1.29, 1.82) is 5.26 Å². The Morgan fingerprint density at radius 2 is 1.90 bits per heavy atom. The number of benzene rings is 1. The van der Waals surface area contributed by atoms with Crippen LogP contribution >= 0.6 is 0 Å². The highest BCUT2D eigenvalue weighted by molar-refractivity contribution is 5.95. The zero-order chi connectivity index (χ0) is 29.1. The van der Waals surface area contributed by atoms with Crippen molar-refractivity contribution in [2.75, 3.05) is 49.1 Å². The minimum Gasteiger partial charge on any atom is -0.491 e. The van der Waals surface area contributed by atoms with Crippen molar-refractivity contribution < 1.29 is 27.1 Å². The second-order valence-electron chi connectivity index (χ2n) is 9.70. The van der Waals surface area contributed by atoms with Crippen LogP contribution in [-0.4, -0.2) is 71.4 Å². The monoisotopic (exact) mass is 571 g/mol. The summed E-state index contributed by atoms with van der Waals surface area (Å²) in [5.74, 6) is -0.350. The third kappa shape index (κ3) is 5.93. The molecule has 2 aromatic heterocycles. The Labute approximate surface area is 231 Å². The van der Waals surface area contributed by atoms with E-state index in [0.717, 1.165) is 12.3 Å². The maximum atomic E-state index is 14.7. The largest absolute Gasteiger partial charge is 0.491 e. The zero-order valence-corrected chi connectivity index (χ0v) is 21.7. The van der Waals surface area contributed by atoms with Crippen LogP contribution in [-0.2, 0) is 6.18 Å². The number of nitriles is 1. The molecule has 0 radical (unpaired) electrons. The first kappa shape index (κ1) is 27.9. The lowest BCUT2D eigenvalue weighted by Gasteiger charge is -2.35. The van der Waals surface area contributed by atoms with Crippen LogP contribution in [0, 0.1) is 17.1 Å². The Bertz CT molecular complexity index is 1510. The van der Waals surface area contributed by atoms with E-state index in [4.69, 9.17) is 10.00 Å². The molecule has 0 spiro atoms. The summed E-state index contributed by atoms with van der Waals surface area (Å²) >= 11 is 0. The summed E-state index contributed by atoms with van der Waals surface area (Å²) in [7, 11) is 0. The number of hydrogen-bond acceptors (Lipinski definition) is 8. The molecule has 5 rings (SSSR count). The van der Waals surface area contributed by atoms with Crippen molar-refractivity contribution in [2.24, 2.45) is 0 Å². The number of carbonyl (C=O) groups is 1. The van der Waals surface area contributed by atoms with Crippen LogP contribution in [0.4, 0.5) is 29.1 Å². The highest BCUT2D eigenvalue weighted by atomic mass is 19.4. The van der Waals surface area contributed by atoms with Crippen LogP contribution in [0.25, 0.3) is 0 Å². The fourth-order valence-electron chi connectivity index (χ4n) is 5.11. The average Bonchev–Trinajstić information content (AvgIpc) is 3.44. The molecule has 1 amide bonds. The summed E-state index contributed by atoms with van der Waals surface area (Å²) in [6.45, 7) is 1.83. The molecule has 2 fully saturated rings. The van der Waals surface area contributed by atoms with E-state index >= 15 is 0 Å². The van der Waals surface area contributed by atoms with E-state index in [1.807, 2.05) is 16.1 Å². The number of carbonyl (C=O) groups excluding carboxylic acids is 1. The van der Waals surface area contributed by atoms with Gasteiger partial charge >= 0.3 is 6.18 Å². The minimum atomic E-state index is -4.86. The van der Waals surface area contributed by atoms with E-state index < -0.39 is 35.1 Å². The van der Waals surface area contributed by atoms with Gasteiger partial charge in [-0.15, -0.1) is 0 Å². The van der Waals surface area contributed by atoms with Crippen LogP contribution in [0.2, 0.25) is 0 Å². The number of piperazine rings is 1. The van der Waals surface area contributed by atoms with Crippen molar-refractivity contribution in [3.8, 4) is 11.8 Å². The second kappa shape index (κ2) is 11.4. The van der Waals surface area contributed by atoms with Crippen LogP contribution < -0.4 is 20.1 Å². The van der Waals surface area contributed by atoms with Gasteiger partial charge in [0.05, 0.1) is 29.1 Å². The van der Waals surface area contributed by atoms with Crippen molar-refractivity contribution in [3.63, 3.8) is 0 Å². The smallest absolute Gasteiger partial charge is 0.423 e. The van der Waals surface area contributed by atoms with Crippen LogP contribution in [0.3, 0.4) is 0 Å². The number of H-pyrrole nitrogens is 1. The average molecular weight is 572 g/mol. The molecule has 2 aliphatic rings. The number of rotatable bonds is 6. The molecule has 10 nitrogen and oxygen atoms in total. The molecule has 0 aliphatic carbocycles. The standard InChI is InChI=1S/C27H25F4N7O3/c28-21-5-4-19(41-16-18-2-1-7-38(18)22-15-34-35-25(39)24(22)27(29,30)31)12-20(21)26(40)37-10-8-36(9-11-37)23-6-3-17(13-32)14-33-23/h3-6,12,14-15,18H,1-2,7-11,16H2,(H,35,39)/t18-/m0/s1. The number of nitrogens with one attached hydrogen (secondary N) is 1. The highest BCUT2D eigenvalue weighted by Gasteiger charge is 2.40. The first-order valence-electron chi connectivity index (χ1n) is 12.9. The first-order chi connectivity index (χ1) is 19.7. The Morgan fingerprint density at radius 1 is 1.12 bits per heavy atom. The van der Waals surface area contributed by atoms with Crippen molar-refractivity contribution >= 4 is 17.4 Å². The summed E-state index contributed by atoms with van der Waals surface area (Å²) in [6, 6.07) is 8.69. The molecule has 214 valence electrons. The van der Waals surface area contributed by atoms with Crippen LogP contribution in [0.1, 0.15) is 34.3 Å². The Morgan fingerprint density at radius 3 is 2.59 bits per heavy atom. The molecule has 2 saturated heterocycles. The molecule has 1 aromatic carbocycles. The second-order valence-corrected chi connectivity index (χ2v) is 9.70. The van der Waals surface area contributed by atoms with Gasteiger partial charge in [0.15, 0.2) is 0 Å². The molecule has 0 saturated carbocycles. The van der Waals surface area contributed by atoms with Gasteiger partial charge in [0.1, 0.15) is 35.6 Å². The number of aromatic amines is 1. The van der Waals surface area contributed by atoms with E-state index in [-0.39, 0.29) is 30.2 Å². The van der Waals surface area contributed by atoms with E-state index in [1.165, 1.54) is 28.1 Å². The van der Waals surface area contributed by atoms with Crippen LogP contribution in [0.5, 0.6) is 5.75 Å². The minimum absolute atomic E-state index is 0.0420. The zero-order valence-electron chi connectivity index (χ0n) is 21.7. The lowest BCUT2D eigenvalue weighted by atomic mass is 10.1. The SMILES string of the molecule is N#Cc1ccc(N2CCN(C(=O)c3cc(OC[C@@H]4CCCN4c4cn[nH]c(=O)c4C(F)(F)F)ccc3F)CC2)nc1. The van der Waals surface area contributed by atoms with Gasteiger partial charge in [0.2, 0.25) is 0 Å².